The van der Waals surface area contributed by atoms with Crippen molar-refractivity contribution in [2.45, 2.75) is 31.9 Å². The average molecular weight is 286 g/mol. The normalized spacial score (nSPS) is 31.9. The van der Waals surface area contributed by atoms with Gasteiger partial charge in [-0.05, 0) is 48.6 Å². The van der Waals surface area contributed by atoms with Crippen molar-refractivity contribution in [3.63, 3.8) is 0 Å². The zero-order chi connectivity index (χ0) is 12.9. The summed E-state index contributed by atoms with van der Waals surface area (Å²) in [5.74, 6) is 0.722. The topological polar surface area (TPSA) is 23.5 Å². The summed E-state index contributed by atoms with van der Waals surface area (Å²) in [7, 11) is 0. The first kappa shape index (κ1) is 12.7. The fourth-order valence-corrected chi connectivity index (χ4v) is 3.82. The minimum Gasteiger partial charge on any atom is -0.387 e. The lowest BCUT2D eigenvalue weighted by Gasteiger charge is -2.26. The predicted molar refractivity (Wildman–Crippen MR) is 74.3 cm³/mol. The zero-order valence-electron chi connectivity index (χ0n) is 10.4. The van der Waals surface area contributed by atoms with E-state index in [4.69, 9.17) is 23.2 Å². The third kappa shape index (κ3) is 2.05. The number of hydrogen-bond donors (Lipinski definition) is 1. The fraction of sp³-hybridized carbons (Fsp3) is 0.571. The molecule has 1 fully saturated rings. The number of hydrogen-bond acceptors (Lipinski definition) is 2. The standard InChI is InChI=1S/C14H17Cl2NO/c1-8-2-3-17(7-8)13-6-10-11(14(13)18)4-9(15)5-12(10)16/h4-5,8,13-14,18H,2-3,6-7H2,1H3/t8-,13+,14+/m1/s1. The Hall–Kier alpha value is -0.280. The fourth-order valence-electron chi connectivity index (χ4n) is 3.23. The zero-order valence-corrected chi connectivity index (χ0v) is 11.9. The monoisotopic (exact) mass is 285 g/mol. The van der Waals surface area contributed by atoms with Gasteiger partial charge < -0.3 is 5.11 Å². The summed E-state index contributed by atoms with van der Waals surface area (Å²) in [5.41, 5.74) is 1.98. The highest BCUT2D eigenvalue weighted by atomic mass is 35.5. The van der Waals surface area contributed by atoms with Gasteiger partial charge in [-0.2, -0.15) is 0 Å². The van der Waals surface area contributed by atoms with Gasteiger partial charge in [-0.25, -0.2) is 0 Å². The van der Waals surface area contributed by atoms with Crippen LogP contribution in [-0.4, -0.2) is 29.1 Å². The van der Waals surface area contributed by atoms with Gasteiger partial charge in [0.1, 0.15) is 0 Å². The Bertz CT molecular complexity index is 477. The molecule has 1 aliphatic carbocycles. The largest absolute Gasteiger partial charge is 0.387 e. The quantitative estimate of drug-likeness (QED) is 0.856. The first-order valence-corrected chi connectivity index (χ1v) is 7.22. The SMILES string of the molecule is C[C@@H]1CCN([C@H]2Cc3c(Cl)cc(Cl)cc3[C@@H]2O)C1. The van der Waals surface area contributed by atoms with E-state index in [1.54, 1.807) is 6.07 Å². The van der Waals surface area contributed by atoms with E-state index in [9.17, 15) is 5.11 Å². The van der Waals surface area contributed by atoms with Crippen molar-refractivity contribution in [3.8, 4) is 0 Å². The van der Waals surface area contributed by atoms with Crippen LogP contribution in [0.25, 0.3) is 0 Å². The number of aliphatic hydroxyl groups excluding tert-OH is 1. The molecule has 1 aromatic rings. The first-order chi connectivity index (χ1) is 8.56. The number of fused-ring (bicyclic) bond motifs is 1. The number of rotatable bonds is 1. The van der Waals surface area contributed by atoms with Gasteiger partial charge in [0.2, 0.25) is 0 Å². The molecular weight excluding hydrogens is 269 g/mol. The minimum atomic E-state index is -0.457. The number of benzene rings is 1. The molecule has 0 aromatic heterocycles. The van der Waals surface area contributed by atoms with Gasteiger partial charge in [-0.1, -0.05) is 30.1 Å². The maximum atomic E-state index is 10.5. The van der Waals surface area contributed by atoms with Gasteiger partial charge in [-0.15, -0.1) is 0 Å². The molecule has 0 radical (unpaired) electrons. The van der Waals surface area contributed by atoms with Crippen molar-refractivity contribution in [2.75, 3.05) is 13.1 Å². The summed E-state index contributed by atoms with van der Waals surface area (Å²) in [6, 6.07) is 3.79. The molecule has 1 N–H and O–H groups in total. The van der Waals surface area contributed by atoms with E-state index < -0.39 is 6.10 Å². The lowest BCUT2D eigenvalue weighted by Crippen LogP contribution is -2.36. The Kier molecular flexibility index (Phi) is 3.31. The molecule has 2 aliphatic rings. The molecule has 0 unspecified atom stereocenters. The van der Waals surface area contributed by atoms with Gasteiger partial charge in [0, 0.05) is 22.6 Å². The number of nitrogens with zero attached hydrogens (tertiary/aromatic N) is 1. The van der Waals surface area contributed by atoms with Crippen molar-refractivity contribution in [1.82, 2.24) is 4.90 Å². The molecule has 0 spiro atoms. The average Bonchev–Trinajstić information content (AvgIpc) is 2.85. The van der Waals surface area contributed by atoms with Crippen LogP contribution in [0.2, 0.25) is 10.0 Å². The van der Waals surface area contributed by atoms with Crippen molar-refractivity contribution in [1.29, 1.82) is 0 Å². The molecule has 3 atom stereocenters. The van der Waals surface area contributed by atoms with E-state index in [1.165, 1.54) is 6.42 Å². The van der Waals surface area contributed by atoms with Crippen LogP contribution >= 0.6 is 23.2 Å². The second-order valence-corrected chi connectivity index (χ2v) is 6.40. The van der Waals surface area contributed by atoms with Gasteiger partial charge in [0.25, 0.3) is 0 Å². The molecule has 1 aromatic carbocycles. The predicted octanol–water partition coefficient (Wildman–Crippen LogP) is 3.29. The molecule has 0 bridgehead atoms. The van der Waals surface area contributed by atoms with Gasteiger partial charge in [0.05, 0.1) is 6.10 Å². The van der Waals surface area contributed by atoms with Crippen LogP contribution in [-0.2, 0) is 6.42 Å². The van der Waals surface area contributed by atoms with E-state index in [0.717, 1.165) is 36.6 Å². The van der Waals surface area contributed by atoms with E-state index >= 15 is 0 Å². The maximum absolute atomic E-state index is 10.5. The summed E-state index contributed by atoms with van der Waals surface area (Å²) in [6.07, 6.45) is 1.59. The lowest BCUT2D eigenvalue weighted by molar-refractivity contribution is 0.0732. The molecular formula is C14H17Cl2NO. The van der Waals surface area contributed by atoms with E-state index in [1.807, 2.05) is 6.07 Å². The Balaban J connectivity index is 1.89. The van der Waals surface area contributed by atoms with Gasteiger partial charge in [0.15, 0.2) is 0 Å². The van der Waals surface area contributed by atoms with Crippen LogP contribution in [0.5, 0.6) is 0 Å². The maximum Gasteiger partial charge on any atom is 0.0952 e. The minimum absolute atomic E-state index is 0.168. The molecule has 1 saturated heterocycles. The molecule has 1 heterocycles. The molecule has 98 valence electrons. The summed E-state index contributed by atoms with van der Waals surface area (Å²) in [6.45, 7) is 4.40. The molecule has 18 heavy (non-hydrogen) atoms. The van der Waals surface area contributed by atoms with Crippen molar-refractivity contribution < 1.29 is 5.11 Å². The summed E-state index contributed by atoms with van der Waals surface area (Å²) in [5, 5.41) is 11.8. The van der Waals surface area contributed by atoms with Crippen LogP contribution in [0.15, 0.2) is 12.1 Å². The highest BCUT2D eigenvalue weighted by molar-refractivity contribution is 6.35. The molecule has 2 nitrogen and oxygen atoms in total. The van der Waals surface area contributed by atoms with Crippen LogP contribution in [0.1, 0.15) is 30.6 Å². The Morgan fingerprint density at radius 2 is 2.11 bits per heavy atom. The summed E-state index contributed by atoms with van der Waals surface area (Å²) in [4.78, 5) is 2.39. The first-order valence-electron chi connectivity index (χ1n) is 6.46. The highest BCUT2D eigenvalue weighted by Gasteiger charge is 2.38. The van der Waals surface area contributed by atoms with Crippen LogP contribution in [0.3, 0.4) is 0 Å². The van der Waals surface area contributed by atoms with E-state index in [-0.39, 0.29) is 6.04 Å². The second kappa shape index (κ2) is 4.68. The molecule has 4 heteroatoms. The van der Waals surface area contributed by atoms with Crippen LogP contribution < -0.4 is 0 Å². The third-order valence-electron chi connectivity index (χ3n) is 4.22. The van der Waals surface area contributed by atoms with E-state index in [2.05, 4.69) is 11.8 Å². The number of halogens is 2. The Morgan fingerprint density at radius 3 is 2.78 bits per heavy atom. The van der Waals surface area contributed by atoms with Crippen molar-refractivity contribution >= 4 is 23.2 Å². The number of aliphatic hydroxyl groups is 1. The van der Waals surface area contributed by atoms with Crippen LogP contribution in [0.4, 0.5) is 0 Å². The third-order valence-corrected chi connectivity index (χ3v) is 4.77. The second-order valence-electron chi connectivity index (χ2n) is 5.56. The van der Waals surface area contributed by atoms with Crippen molar-refractivity contribution in [3.05, 3.63) is 33.3 Å². The molecule has 1 aliphatic heterocycles. The molecule has 3 rings (SSSR count). The molecule has 0 amide bonds. The van der Waals surface area contributed by atoms with E-state index in [0.29, 0.717) is 10.0 Å². The van der Waals surface area contributed by atoms with Crippen molar-refractivity contribution in [2.24, 2.45) is 5.92 Å². The Morgan fingerprint density at radius 1 is 1.33 bits per heavy atom. The van der Waals surface area contributed by atoms with Gasteiger partial charge in [-0.3, -0.25) is 4.90 Å². The summed E-state index contributed by atoms with van der Waals surface area (Å²) >= 11 is 12.2. The Labute approximate surface area is 117 Å². The molecule has 0 saturated carbocycles. The smallest absolute Gasteiger partial charge is 0.0952 e. The lowest BCUT2D eigenvalue weighted by atomic mass is 10.1. The van der Waals surface area contributed by atoms with Crippen LogP contribution in [0, 0.1) is 5.92 Å². The highest BCUT2D eigenvalue weighted by Crippen LogP contribution is 2.41. The summed E-state index contributed by atoms with van der Waals surface area (Å²) < 4.78 is 0. The number of likely N-dealkylation sites (tertiary alicyclic amines) is 1. The van der Waals surface area contributed by atoms with Gasteiger partial charge >= 0.3 is 0 Å².